The van der Waals surface area contributed by atoms with Crippen LogP contribution in [0.25, 0.3) is 0 Å². The quantitative estimate of drug-likeness (QED) is 0.549. The van der Waals surface area contributed by atoms with Crippen molar-refractivity contribution in [2.24, 2.45) is 0 Å². The Labute approximate surface area is 187 Å². The highest BCUT2D eigenvalue weighted by Crippen LogP contribution is 2.21. The number of rotatable bonds is 7. The van der Waals surface area contributed by atoms with E-state index in [1.807, 2.05) is 31.2 Å². The van der Waals surface area contributed by atoms with E-state index in [9.17, 15) is 9.59 Å². The molecule has 0 saturated carbocycles. The number of hydrogen-bond donors (Lipinski definition) is 2. The Kier molecular flexibility index (Phi) is 6.82. The average Bonchev–Trinajstić information content (AvgIpc) is 3.32. The minimum atomic E-state index is -0.300. The van der Waals surface area contributed by atoms with E-state index in [0.29, 0.717) is 34.9 Å². The lowest BCUT2D eigenvalue weighted by Crippen LogP contribution is -2.18. The number of ether oxygens (including phenoxy) is 2. The van der Waals surface area contributed by atoms with Gasteiger partial charge >= 0.3 is 0 Å². The molecule has 4 rings (SSSR count). The molecule has 0 aliphatic carbocycles. The topological polar surface area (TPSA) is 76.7 Å². The van der Waals surface area contributed by atoms with Crippen LogP contribution in [-0.2, 0) is 4.74 Å². The summed E-state index contributed by atoms with van der Waals surface area (Å²) in [6.07, 6.45) is 2.22. The smallest absolute Gasteiger partial charge is 0.257 e. The molecule has 32 heavy (non-hydrogen) atoms. The summed E-state index contributed by atoms with van der Waals surface area (Å²) < 4.78 is 11.3. The summed E-state index contributed by atoms with van der Waals surface area (Å²) in [7, 11) is 0. The Balaban J connectivity index is 1.40. The predicted molar refractivity (Wildman–Crippen MR) is 124 cm³/mol. The van der Waals surface area contributed by atoms with Gasteiger partial charge in [-0.15, -0.1) is 0 Å². The van der Waals surface area contributed by atoms with Crippen molar-refractivity contribution in [3.63, 3.8) is 0 Å². The van der Waals surface area contributed by atoms with E-state index in [1.54, 1.807) is 48.5 Å². The maximum Gasteiger partial charge on any atom is 0.257 e. The van der Waals surface area contributed by atoms with Gasteiger partial charge in [0.25, 0.3) is 11.8 Å². The zero-order valence-electron chi connectivity index (χ0n) is 18.0. The van der Waals surface area contributed by atoms with E-state index in [0.717, 1.165) is 25.0 Å². The van der Waals surface area contributed by atoms with Gasteiger partial charge in [-0.3, -0.25) is 9.59 Å². The van der Waals surface area contributed by atoms with Gasteiger partial charge in [0.2, 0.25) is 0 Å². The summed E-state index contributed by atoms with van der Waals surface area (Å²) in [5.74, 6) is 0.103. The van der Waals surface area contributed by atoms with E-state index < -0.39 is 0 Å². The second kappa shape index (κ2) is 10.1. The second-order valence-electron chi connectivity index (χ2n) is 7.79. The molecule has 1 aliphatic heterocycles. The maximum absolute atomic E-state index is 12.8. The fourth-order valence-corrected chi connectivity index (χ4v) is 3.57. The number of nitrogens with one attached hydrogen (secondary N) is 2. The molecule has 1 heterocycles. The highest BCUT2D eigenvalue weighted by Gasteiger charge is 2.17. The lowest BCUT2D eigenvalue weighted by atomic mass is 10.1. The fourth-order valence-electron chi connectivity index (χ4n) is 3.57. The molecule has 3 aromatic carbocycles. The third-order valence-electron chi connectivity index (χ3n) is 5.27. The Morgan fingerprint density at radius 1 is 0.969 bits per heavy atom. The summed E-state index contributed by atoms with van der Waals surface area (Å²) in [6, 6.07) is 21.4. The summed E-state index contributed by atoms with van der Waals surface area (Å²) >= 11 is 0. The summed E-state index contributed by atoms with van der Waals surface area (Å²) in [5.41, 5.74) is 3.06. The summed E-state index contributed by atoms with van der Waals surface area (Å²) in [4.78, 5) is 25.6. The van der Waals surface area contributed by atoms with Gasteiger partial charge < -0.3 is 20.1 Å². The molecule has 0 radical (unpaired) electrons. The molecule has 0 spiro atoms. The molecule has 6 heteroatoms. The monoisotopic (exact) mass is 430 g/mol. The number of benzene rings is 3. The van der Waals surface area contributed by atoms with Crippen LogP contribution in [0, 0.1) is 6.92 Å². The van der Waals surface area contributed by atoms with Crippen LogP contribution >= 0.6 is 0 Å². The zero-order valence-corrected chi connectivity index (χ0v) is 18.0. The molecule has 164 valence electrons. The second-order valence-corrected chi connectivity index (χ2v) is 7.79. The van der Waals surface area contributed by atoms with Gasteiger partial charge in [0, 0.05) is 17.9 Å². The SMILES string of the molecule is Cc1cccc(NC(=O)c2ccccc2NC(=O)c2ccc(OCC3CCCO3)cc2)c1. The number of anilines is 2. The highest BCUT2D eigenvalue weighted by atomic mass is 16.5. The standard InChI is InChI=1S/C26H26N2O4/c1-18-6-4-7-20(16-18)27-26(30)23-9-2-3-10-24(23)28-25(29)19-11-13-21(14-12-19)32-17-22-8-5-15-31-22/h2-4,6-7,9-14,16,22H,5,8,15,17H2,1H3,(H,27,30)(H,28,29). The maximum atomic E-state index is 12.8. The van der Waals surface area contributed by atoms with Crippen LogP contribution in [0.4, 0.5) is 11.4 Å². The highest BCUT2D eigenvalue weighted by molar-refractivity contribution is 6.12. The first-order valence-corrected chi connectivity index (χ1v) is 10.7. The molecule has 0 aromatic heterocycles. The van der Waals surface area contributed by atoms with Crippen molar-refractivity contribution < 1.29 is 19.1 Å². The fraction of sp³-hybridized carbons (Fsp3) is 0.231. The van der Waals surface area contributed by atoms with Gasteiger partial charge in [0.05, 0.1) is 17.4 Å². The van der Waals surface area contributed by atoms with Crippen molar-refractivity contribution in [1.29, 1.82) is 0 Å². The van der Waals surface area contributed by atoms with E-state index in [2.05, 4.69) is 10.6 Å². The van der Waals surface area contributed by atoms with Gasteiger partial charge in [-0.2, -0.15) is 0 Å². The molecule has 0 bridgehead atoms. The molecular weight excluding hydrogens is 404 g/mol. The molecule has 1 atom stereocenters. The van der Waals surface area contributed by atoms with Crippen molar-refractivity contribution in [3.8, 4) is 5.75 Å². The number of carbonyl (C=O) groups excluding carboxylic acids is 2. The van der Waals surface area contributed by atoms with Crippen LogP contribution in [0.2, 0.25) is 0 Å². The Morgan fingerprint density at radius 3 is 2.53 bits per heavy atom. The molecule has 1 saturated heterocycles. The summed E-state index contributed by atoms with van der Waals surface area (Å²) in [5, 5.41) is 5.72. The van der Waals surface area contributed by atoms with Crippen molar-refractivity contribution in [2.45, 2.75) is 25.9 Å². The summed E-state index contributed by atoms with van der Waals surface area (Å²) in [6.45, 7) is 3.26. The van der Waals surface area contributed by atoms with Crippen LogP contribution in [0.1, 0.15) is 39.1 Å². The van der Waals surface area contributed by atoms with Crippen LogP contribution in [-0.4, -0.2) is 31.1 Å². The first kappa shape index (κ1) is 21.6. The number of aryl methyl sites for hydroxylation is 1. The molecule has 1 aliphatic rings. The molecule has 3 aromatic rings. The number of amides is 2. The molecule has 1 unspecified atom stereocenters. The Hall–Kier alpha value is -3.64. The molecule has 6 nitrogen and oxygen atoms in total. The van der Waals surface area contributed by atoms with Crippen molar-refractivity contribution >= 4 is 23.2 Å². The van der Waals surface area contributed by atoms with E-state index in [4.69, 9.17) is 9.47 Å². The average molecular weight is 431 g/mol. The van der Waals surface area contributed by atoms with Gasteiger partial charge in [-0.05, 0) is 73.9 Å². The molecule has 2 N–H and O–H groups in total. The first-order valence-electron chi connectivity index (χ1n) is 10.7. The van der Waals surface area contributed by atoms with Gasteiger partial charge in [-0.25, -0.2) is 0 Å². The van der Waals surface area contributed by atoms with Crippen molar-refractivity contribution in [1.82, 2.24) is 0 Å². The third-order valence-corrected chi connectivity index (χ3v) is 5.27. The van der Waals surface area contributed by atoms with Gasteiger partial charge in [-0.1, -0.05) is 24.3 Å². The van der Waals surface area contributed by atoms with Crippen LogP contribution in [0.3, 0.4) is 0 Å². The van der Waals surface area contributed by atoms with Gasteiger partial charge in [0.15, 0.2) is 0 Å². The number of hydrogen-bond acceptors (Lipinski definition) is 4. The first-order chi connectivity index (χ1) is 15.6. The molecular formula is C26H26N2O4. The number of carbonyl (C=O) groups is 2. The Morgan fingerprint density at radius 2 is 1.78 bits per heavy atom. The lowest BCUT2D eigenvalue weighted by Gasteiger charge is -2.13. The minimum absolute atomic E-state index is 0.139. The zero-order chi connectivity index (χ0) is 22.3. The van der Waals surface area contributed by atoms with Crippen LogP contribution in [0.5, 0.6) is 5.75 Å². The van der Waals surface area contributed by atoms with Crippen LogP contribution < -0.4 is 15.4 Å². The van der Waals surface area contributed by atoms with Crippen molar-refractivity contribution in [3.05, 3.63) is 89.5 Å². The van der Waals surface area contributed by atoms with Crippen LogP contribution in [0.15, 0.2) is 72.8 Å². The third kappa shape index (κ3) is 5.53. The Bertz CT molecular complexity index is 1090. The molecule has 1 fully saturated rings. The molecule has 2 amide bonds. The lowest BCUT2D eigenvalue weighted by molar-refractivity contribution is 0.0679. The predicted octanol–water partition coefficient (Wildman–Crippen LogP) is 5.06. The number of para-hydroxylation sites is 1. The largest absolute Gasteiger partial charge is 0.491 e. The van der Waals surface area contributed by atoms with E-state index >= 15 is 0 Å². The van der Waals surface area contributed by atoms with Crippen molar-refractivity contribution in [2.75, 3.05) is 23.8 Å². The minimum Gasteiger partial charge on any atom is -0.491 e. The van der Waals surface area contributed by atoms with Gasteiger partial charge in [0.1, 0.15) is 12.4 Å². The normalized spacial score (nSPS) is 15.2. The van der Waals surface area contributed by atoms with E-state index in [1.165, 1.54) is 0 Å². The van der Waals surface area contributed by atoms with E-state index in [-0.39, 0.29) is 17.9 Å².